The highest BCUT2D eigenvalue weighted by molar-refractivity contribution is 7.26. The van der Waals surface area contributed by atoms with Gasteiger partial charge in [-0.15, -0.1) is 11.3 Å². The average molecular weight is 288 g/mol. The number of thiophene rings is 1. The topological polar surface area (TPSA) is 0 Å². The molecule has 0 fully saturated rings. The summed E-state index contributed by atoms with van der Waals surface area (Å²) in [4.78, 5) is 0. The lowest BCUT2D eigenvalue weighted by Gasteiger charge is -2.05. The van der Waals surface area contributed by atoms with Crippen molar-refractivity contribution in [2.45, 2.75) is 13.3 Å². The number of rotatable bonds is 2. The van der Waals surface area contributed by atoms with Gasteiger partial charge in [-0.1, -0.05) is 67.6 Å². The van der Waals surface area contributed by atoms with Crippen LogP contribution in [0, 0.1) is 0 Å². The van der Waals surface area contributed by atoms with E-state index in [1.807, 2.05) is 11.3 Å². The summed E-state index contributed by atoms with van der Waals surface area (Å²) in [5, 5.41) is 2.73. The van der Waals surface area contributed by atoms with Crippen LogP contribution in [0.15, 0.2) is 66.7 Å². The smallest absolute Gasteiger partial charge is 0.0433 e. The lowest BCUT2D eigenvalue weighted by atomic mass is 10.0. The molecule has 0 aliphatic heterocycles. The van der Waals surface area contributed by atoms with E-state index in [1.54, 1.807) is 0 Å². The van der Waals surface area contributed by atoms with E-state index in [0.29, 0.717) is 0 Å². The molecule has 0 amide bonds. The van der Waals surface area contributed by atoms with Gasteiger partial charge in [0.15, 0.2) is 0 Å². The highest BCUT2D eigenvalue weighted by atomic mass is 32.1. The molecule has 0 unspecified atom stereocenters. The molecule has 0 aliphatic carbocycles. The van der Waals surface area contributed by atoms with E-state index in [0.717, 1.165) is 6.42 Å². The van der Waals surface area contributed by atoms with Crippen LogP contribution in [-0.2, 0) is 6.42 Å². The molecule has 1 aromatic heterocycles. The number of hydrogen-bond donors (Lipinski definition) is 0. The Hall–Kier alpha value is -2.12. The SMILES string of the molecule is CCc1ccc(-c2cccc3c2sc2ccccc23)cc1. The highest BCUT2D eigenvalue weighted by Gasteiger charge is 2.09. The van der Waals surface area contributed by atoms with Gasteiger partial charge in [0, 0.05) is 20.2 Å². The standard InChI is InChI=1S/C20H16S/c1-2-14-10-12-15(13-11-14)16-7-5-8-18-17-6-3-4-9-19(17)21-20(16)18/h3-13H,2H2,1H3. The van der Waals surface area contributed by atoms with Gasteiger partial charge in [-0.2, -0.15) is 0 Å². The van der Waals surface area contributed by atoms with E-state index in [1.165, 1.54) is 36.9 Å². The van der Waals surface area contributed by atoms with Gasteiger partial charge >= 0.3 is 0 Å². The molecule has 0 atom stereocenters. The second-order valence-electron chi connectivity index (χ2n) is 5.33. The predicted octanol–water partition coefficient (Wildman–Crippen LogP) is 6.28. The third-order valence-corrected chi connectivity index (χ3v) is 5.30. The summed E-state index contributed by atoms with van der Waals surface area (Å²) in [6.07, 6.45) is 1.09. The predicted molar refractivity (Wildman–Crippen MR) is 94.1 cm³/mol. The molecule has 0 N–H and O–H groups in total. The first-order valence-electron chi connectivity index (χ1n) is 7.36. The van der Waals surface area contributed by atoms with Crippen molar-refractivity contribution in [3.63, 3.8) is 0 Å². The molecular weight excluding hydrogens is 272 g/mol. The van der Waals surface area contributed by atoms with Crippen LogP contribution in [0.5, 0.6) is 0 Å². The molecule has 0 radical (unpaired) electrons. The van der Waals surface area contributed by atoms with Gasteiger partial charge in [-0.05, 0) is 29.2 Å². The van der Waals surface area contributed by atoms with E-state index in [4.69, 9.17) is 0 Å². The van der Waals surface area contributed by atoms with Crippen molar-refractivity contribution in [3.05, 3.63) is 72.3 Å². The Labute approximate surface area is 128 Å². The fourth-order valence-electron chi connectivity index (χ4n) is 2.89. The summed E-state index contributed by atoms with van der Waals surface area (Å²) >= 11 is 1.89. The van der Waals surface area contributed by atoms with Crippen molar-refractivity contribution in [2.75, 3.05) is 0 Å². The van der Waals surface area contributed by atoms with Crippen molar-refractivity contribution < 1.29 is 0 Å². The van der Waals surface area contributed by atoms with Crippen molar-refractivity contribution in [1.82, 2.24) is 0 Å². The molecule has 4 aromatic rings. The first-order chi connectivity index (χ1) is 10.4. The Balaban J connectivity index is 1.99. The normalized spacial score (nSPS) is 11.3. The maximum atomic E-state index is 2.25. The Bertz CT molecular complexity index is 914. The lowest BCUT2D eigenvalue weighted by molar-refractivity contribution is 1.14. The third-order valence-electron chi connectivity index (χ3n) is 4.08. The van der Waals surface area contributed by atoms with Crippen LogP contribution in [0.3, 0.4) is 0 Å². The Morgan fingerprint density at radius 1 is 0.762 bits per heavy atom. The monoisotopic (exact) mass is 288 g/mol. The van der Waals surface area contributed by atoms with Gasteiger partial charge < -0.3 is 0 Å². The van der Waals surface area contributed by atoms with Crippen molar-refractivity contribution in [3.8, 4) is 11.1 Å². The fourth-order valence-corrected chi connectivity index (χ4v) is 4.13. The first-order valence-corrected chi connectivity index (χ1v) is 8.18. The minimum atomic E-state index is 1.09. The van der Waals surface area contributed by atoms with Crippen LogP contribution in [0.4, 0.5) is 0 Å². The molecule has 1 heterocycles. The maximum Gasteiger partial charge on any atom is 0.0433 e. The molecule has 0 bridgehead atoms. The van der Waals surface area contributed by atoms with Crippen LogP contribution in [-0.4, -0.2) is 0 Å². The minimum Gasteiger partial charge on any atom is -0.135 e. The van der Waals surface area contributed by atoms with Crippen LogP contribution in [0.1, 0.15) is 12.5 Å². The zero-order valence-corrected chi connectivity index (χ0v) is 12.8. The number of fused-ring (bicyclic) bond motifs is 3. The molecule has 0 saturated carbocycles. The molecule has 0 aliphatic rings. The third kappa shape index (κ3) is 2.05. The number of hydrogen-bond acceptors (Lipinski definition) is 1. The summed E-state index contributed by atoms with van der Waals surface area (Å²) < 4.78 is 2.76. The van der Waals surface area contributed by atoms with E-state index in [-0.39, 0.29) is 0 Å². The summed E-state index contributed by atoms with van der Waals surface area (Å²) in [7, 11) is 0. The molecule has 4 rings (SSSR count). The van der Waals surface area contributed by atoms with Gasteiger partial charge in [0.25, 0.3) is 0 Å². The Morgan fingerprint density at radius 3 is 2.33 bits per heavy atom. The number of benzene rings is 3. The molecule has 0 saturated heterocycles. The maximum absolute atomic E-state index is 2.25. The highest BCUT2D eigenvalue weighted by Crippen LogP contribution is 2.39. The van der Waals surface area contributed by atoms with Crippen LogP contribution >= 0.6 is 11.3 Å². The van der Waals surface area contributed by atoms with E-state index in [2.05, 4.69) is 73.7 Å². The molecule has 0 nitrogen and oxygen atoms in total. The van der Waals surface area contributed by atoms with E-state index < -0.39 is 0 Å². The zero-order valence-electron chi connectivity index (χ0n) is 12.0. The summed E-state index contributed by atoms with van der Waals surface area (Å²) in [5.41, 5.74) is 4.04. The number of aryl methyl sites for hydroxylation is 1. The fraction of sp³-hybridized carbons (Fsp3) is 0.100. The average Bonchev–Trinajstić information content (AvgIpc) is 2.94. The quantitative estimate of drug-likeness (QED) is 0.407. The van der Waals surface area contributed by atoms with Gasteiger partial charge in [0.1, 0.15) is 0 Å². The van der Waals surface area contributed by atoms with Gasteiger partial charge in [-0.3, -0.25) is 0 Å². The van der Waals surface area contributed by atoms with Crippen molar-refractivity contribution in [2.24, 2.45) is 0 Å². The zero-order chi connectivity index (χ0) is 14.2. The molecular formula is C20H16S. The van der Waals surface area contributed by atoms with Crippen molar-refractivity contribution >= 4 is 31.5 Å². The second kappa shape index (κ2) is 5.01. The largest absolute Gasteiger partial charge is 0.135 e. The van der Waals surface area contributed by atoms with Gasteiger partial charge in [-0.25, -0.2) is 0 Å². The van der Waals surface area contributed by atoms with Crippen LogP contribution < -0.4 is 0 Å². The van der Waals surface area contributed by atoms with Gasteiger partial charge in [0.2, 0.25) is 0 Å². The van der Waals surface area contributed by atoms with Gasteiger partial charge in [0.05, 0.1) is 0 Å². The van der Waals surface area contributed by atoms with Crippen molar-refractivity contribution in [1.29, 1.82) is 0 Å². The summed E-state index contributed by atoms with van der Waals surface area (Å²) in [6, 6.07) is 24.3. The summed E-state index contributed by atoms with van der Waals surface area (Å²) in [6.45, 7) is 2.20. The molecule has 21 heavy (non-hydrogen) atoms. The van der Waals surface area contributed by atoms with E-state index in [9.17, 15) is 0 Å². The van der Waals surface area contributed by atoms with E-state index >= 15 is 0 Å². The first kappa shape index (κ1) is 12.6. The van der Waals surface area contributed by atoms with Crippen LogP contribution in [0.25, 0.3) is 31.3 Å². The van der Waals surface area contributed by atoms with Crippen LogP contribution in [0.2, 0.25) is 0 Å². The molecule has 0 spiro atoms. The second-order valence-corrected chi connectivity index (χ2v) is 6.38. The molecule has 1 heteroatoms. The Morgan fingerprint density at radius 2 is 1.52 bits per heavy atom. The Kier molecular flexibility index (Phi) is 3.01. The minimum absolute atomic E-state index is 1.09. The lowest BCUT2D eigenvalue weighted by Crippen LogP contribution is -1.81. The summed E-state index contributed by atoms with van der Waals surface area (Å²) in [5.74, 6) is 0. The molecule has 102 valence electrons. The molecule has 3 aromatic carbocycles.